The summed E-state index contributed by atoms with van der Waals surface area (Å²) in [6, 6.07) is 4.27. The van der Waals surface area contributed by atoms with Crippen molar-refractivity contribution in [2.24, 2.45) is 0 Å². The molecule has 0 unspecified atom stereocenters. The van der Waals surface area contributed by atoms with Crippen LogP contribution in [0.3, 0.4) is 0 Å². The molecule has 0 aliphatic rings. The van der Waals surface area contributed by atoms with Crippen molar-refractivity contribution in [3.63, 3.8) is 0 Å². The molecule has 0 saturated heterocycles. The van der Waals surface area contributed by atoms with Gasteiger partial charge in [-0.15, -0.1) is 0 Å². The Morgan fingerprint density at radius 3 is 2.36 bits per heavy atom. The molecule has 0 bridgehead atoms. The van der Waals surface area contributed by atoms with Crippen LogP contribution in [0.15, 0.2) is 17.7 Å². The van der Waals surface area contributed by atoms with Crippen LogP contribution >= 0.6 is 0 Å². The number of hydrogen-bond donors (Lipinski definition) is 0. The Morgan fingerprint density at radius 2 is 1.93 bits per heavy atom. The van der Waals surface area contributed by atoms with Crippen LogP contribution in [0.4, 0.5) is 0 Å². The van der Waals surface area contributed by atoms with E-state index < -0.39 is 0 Å². The van der Waals surface area contributed by atoms with Crippen LogP contribution < -0.4 is 0 Å². The molecule has 0 aliphatic heterocycles. The lowest BCUT2D eigenvalue weighted by molar-refractivity contribution is 0.815. The summed E-state index contributed by atoms with van der Waals surface area (Å²) in [4.78, 5) is 4.58. The highest BCUT2D eigenvalue weighted by Crippen LogP contribution is 2.16. The molecule has 0 radical (unpaired) electrons. The second-order valence-corrected chi connectivity index (χ2v) is 4.29. The fourth-order valence-electron chi connectivity index (χ4n) is 1.38. The van der Waals surface area contributed by atoms with Crippen LogP contribution in [0, 0.1) is 6.92 Å². The minimum absolute atomic E-state index is 0.509. The molecule has 14 heavy (non-hydrogen) atoms. The maximum atomic E-state index is 4.58. The van der Waals surface area contributed by atoms with Gasteiger partial charge in [0.25, 0.3) is 0 Å². The Balaban J connectivity index is 3.08. The van der Waals surface area contributed by atoms with E-state index in [1.54, 1.807) is 0 Å². The highest BCUT2D eigenvalue weighted by Gasteiger charge is 2.02. The van der Waals surface area contributed by atoms with Crippen LogP contribution in [0.25, 0.3) is 6.08 Å². The van der Waals surface area contributed by atoms with Gasteiger partial charge in [-0.2, -0.15) is 0 Å². The molecular formula is C13H19N. The van der Waals surface area contributed by atoms with Gasteiger partial charge in [-0.05, 0) is 38.3 Å². The zero-order valence-electron chi connectivity index (χ0n) is 9.76. The molecule has 1 aromatic heterocycles. The van der Waals surface area contributed by atoms with E-state index in [1.165, 1.54) is 16.8 Å². The first-order chi connectivity index (χ1) is 6.50. The lowest BCUT2D eigenvalue weighted by Crippen LogP contribution is -1.96. The second-order valence-electron chi connectivity index (χ2n) is 4.29. The van der Waals surface area contributed by atoms with E-state index in [2.05, 4.69) is 57.8 Å². The van der Waals surface area contributed by atoms with E-state index >= 15 is 0 Å². The number of aryl methyl sites for hydroxylation is 1. The van der Waals surface area contributed by atoms with Crippen molar-refractivity contribution in [3.05, 3.63) is 34.7 Å². The van der Waals surface area contributed by atoms with Gasteiger partial charge in [0, 0.05) is 11.4 Å². The molecule has 76 valence electrons. The molecule has 0 aliphatic carbocycles. The highest BCUT2D eigenvalue weighted by atomic mass is 14.7. The molecule has 1 heteroatoms. The Kier molecular flexibility index (Phi) is 3.45. The van der Waals surface area contributed by atoms with Gasteiger partial charge in [0.15, 0.2) is 0 Å². The standard InChI is InChI=1S/C13H19N/c1-9(2)8-12-6-7-13(10(3)4)14-11(12)5/h6-8,10H,1-5H3. The van der Waals surface area contributed by atoms with Crippen molar-refractivity contribution < 1.29 is 0 Å². The predicted molar refractivity (Wildman–Crippen MR) is 62.4 cm³/mol. The summed E-state index contributed by atoms with van der Waals surface area (Å²) in [6.45, 7) is 10.6. The number of aromatic nitrogens is 1. The van der Waals surface area contributed by atoms with Gasteiger partial charge < -0.3 is 0 Å². The Labute approximate surface area is 86.9 Å². The lowest BCUT2D eigenvalue weighted by Gasteiger charge is -2.07. The van der Waals surface area contributed by atoms with Crippen molar-refractivity contribution in [2.45, 2.75) is 40.5 Å². The number of hydrogen-bond acceptors (Lipinski definition) is 1. The molecule has 0 saturated carbocycles. The predicted octanol–water partition coefficient (Wildman–Crippen LogP) is 3.94. The van der Waals surface area contributed by atoms with E-state index in [9.17, 15) is 0 Å². The molecule has 0 fully saturated rings. The minimum atomic E-state index is 0.509. The Bertz CT molecular complexity index is 344. The van der Waals surface area contributed by atoms with Crippen LogP contribution in [0.5, 0.6) is 0 Å². The van der Waals surface area contributed by atoms with E-state index in [1.807, 2.05) is 0 Å². The zero-order valence-corrected chi connectivity index (χ0v) is 9.76. The van der Waals surface area contributed by atoms with Crippen molar-refractivity contribution in [3.8, 4) is 0 Å². The normalized spacial score (nSPS) is 10.4. The molecular weight excluding hydrogens is 170 g/mol. The van der Waals surface area contributed by atoms with E-state index in [0.717, 1.165) is 5.69 Å². The third-order valence-corrected chi connectivity index (χ3v) is 2.18. The van der Waals surface area contributed by atoms with Gasteiger partial charge in [0.1, 0.15) is 0 Å². The summed E-state index contributed by atoms with van der Waals surface area (Å²) < 4.78 is 0. The summed E-state index contributed by atoms with van der Waals surface area (Å²) in [5, 5.41) is 0. The van der Waals surface area contributed by atoms with Gasteiger partial charge in [0.2, 0.25) is 0 Å². The highest BCUT2D eigenvalue weighted by molar-refractivity contribution is 5.54. The molecule has 0 aromatic carbocycles. The average Bonchev–Trinajstić information content (AvgIpc) is 2.07. The van der Waals surface area contributed by atoms with Crippen LogP contribution in [-0.4, -0.2) is 4.98 Å². The first-order valence-electron chi connectivity index (χ1n) is 5.13. The van der Waals surface area contributed by atoms with Crippen molar-refractivity contribution >= 4 is 6.08 Å². The van der Waals surface area contributed by atoms with E-state index in [4.69, 9.17) is 0 Å². The minimum Gasteiger partial charge on any atom is -0.257 e. The smallest absolute Gasteiger partial charge is 0.0448 e. The van der Waals surface area contributed by atoms with Gasteiger partial charge in [-0.3, -0.25) is 4.98 Å². The molecule has 0 atom stereocenters. The summed E-state index contributed by atoms with van der Waals surface area (Å²) in [5.74, 6) is 0.509. The van der Waals surface area contributed by atoms with E-state index in [-0.39, 0.29) is 0 Å². The molecule has 0 N–H and O–H groups in total. The largest absolute Gasteiger partial charge is 0.257 e. The van der Waals surface area contributed by atoms with Crippen LogP contribution in [0.2, 0.25) is 0 Å². The fourth-order valence-corrected chi connectivity index (χ4v) is 1.38. The lowest BCUT2D eigenvalue weighted by atomic mass is 10.1. The molecule has 1 nitrogen and oxygen atoms in total. The van der Waals surface area contributed by atoms with Gasteiger partial charge in [0.05, 0.1) is 0 Å². The van der Waals surface area contributed by atoms with Crippen molar-refractivity contribution in [1.29, 1.82) is 0 Å². The second kappa shape index (κ2) is 4.41. The molecule has 1 heterocycles. The van der Waals surface area contributed by atoms with E-state index in [0.29, 0.717) is 5.92 Å². The first-order valence-corrected chi connectivity index (χ1v) is 5.13. The van der Waals surface area contributed by atoms with Crippen LogP contribution in [0.1, 0.15) is 50.6 Å². The third kappa shape index (κ3) is 2.69. The van der Waals surface area contributed by atoms with Gasteiger partial charge in [-0.1, -0.05) is 31.6 Å². The summed E-state index contributed by atoms with van der Waals surface area (Å²) >= 11 is 0. The maximum absolute atomic E-state index is 4.58. The number of pyridine rings is 1. The number of rotatable bonds is 2. The fraction of sp³-hybridized carbons (Fsp3) is 0.462. The molecule has 1 aromatic rings. The summed E-state index contributed by atoms with van der Waals surface area (Å²) in [6.07, 6.45) is 2.17. The van der Waals surface area contributed by atoms with Crippen LogP contribution in [-0.2, 0) is 0 Å². The quantitative estimate of drug-likeness (QED) is 0.686. The Hall–Kier alpha value is -1.11. The number of allylic oxidation sites excluding steroid dienone is 1. The summed E-state index contributed by atoms with van der Waals surface area (Å²) in [7, 11) is 0. The monoisotopic (exact) mass is 189 g/mol. The molecule has 0 amide bonds. The third-order valence-electron chi connectivity index (χ3n) is 2.18. The SMILES string of the molecule is CC(C)=Cc1ccc(C(C)C)nc1C. The summed E-state index contributed by atoms with van der Waals surface area (Å²) in [5.41, 5.74) is 4.84. The molecule has 0 spiro atoms. The first kappa shape index (κ1) is 11.0. The van der Waals surface area contributed by atoms with Crippen molar-refractivity contribution in [2.75, 3.05) is 0 Å². The zero-order chi connectivity index (χ0) is 10.7. The maximum Gasteiger partial charge on any atom is 0.0448 e. The molecule has 1 rings (SSSR count). The number of nitrogens with zero attached hydrogens (tertiary/aromatic N) is 1. The average molecular weight is 189 g/mol. The van der Waals surface area contributed by atoms with Crippen molar-refractivity contribution in [1.82, 2.24) is 4.98 Å². The van der Waals surface area contributed by atoms with Gasteiger partial charge in [-0.25, -0.2) is 0 Å². The van der Waals surface area contributed by atoms with Gasteiger partial charge >= 0.3 is 0 Å². The Morgan fingerprint density at radius 1 is 1.29 bits per heavy atom. The topological polar surface area (TPSA) is 12.9 Å².